The zero-order valence-electron chi connectivity index (χ0n) is 10.3. The van der Waals surface area contributed by atoms with Gasteiger partial charge in [0.25, 0.3) is 0 Å². The number of carbonyl (C=O) groups is 2. The van der Waals surface area contributed by atoms with E-state index >= 15 is 0 Å². The van der Waals surface area contributed by atoms with E-state index in [0.29, 0.717) is 11.5 Å². The van der Waals surface area contributed by atoms with E-state index in [0.717, 1.165) is 0 Å². The minimum Gasteiger partial charge on any atom is -0.509 e. The lowest BCUT2D eigenvalue weighted by atomic mass is 10.1. The summed E-state index contributed by atoms with van der Waals surface area (Å²) in [5, 5.41) is 20.2. The summed E-state index contributed by atoms with van der Waals surface area (Å²) in [6, 6.07) is 2.88. The molecular formula is C13H12O6. The minimum absolute atomic E-state index is 0.0949. The molecule has 6 nitrogen and oxygen atoms in total. The van der Waals surface area contributed by atoms with Gasteiger partial charge < -0.3 is 19.7 Å². The van der Waals surface area contributed by atoms with Gasteiger partial charge in [0.2, 0.25) is 5.78 Å². The van der Waals surface area contributed by atoms with Crippen LogP contribution in [0.3, 0.4) is 0 Å². The van der Waals surface area contributed by atoms with Crippen LogP contribution >= 0.6 is 0 Å². The molecule has 100 valence electrons. The van der Waals surface area contributed by atoms with Gasteiger partial charge >= 0.3 is 0 Å². The maximum Gasteiger partial charge on any atom is 0.225 e. The molecule has 1 aromatic carbocycles. The van der Waals surface area contributed by atoms with E-state index < -0.39 is 11.9 Å². The first-order chi connectivity index (χ1) is 9.04. The predicted molar refractivity (Wildman–Crippen MR) is 65.3 cm³/mol. The molecule has 19 heavy (non-hydrogen) atoms. The third kappa shape index (κ3) is 1.86. The molecule has 0 heterocycles. The highest BCUT2D eigenvalue weighted by molar-refractivity contribution is 6.45. The van der Waals surface area contributed by atoms with E-state index in [1.807, 2.05) is 0 Å². The molecule has 1 aromatic rings. The number of benzene rings is 1. The molecule has 0 radical (unpaired) electrons. The van der Waals surface area contributed by atoms with Gasteiger partial charge in [-0.05, 0) is 17.4 Å². The number of hydrogen-bond donors (Lipinski definition) is 2. The topological polar surface area (TPSA) is 93.1 Å². The number of aldehydes is 1. The fourth-order valence-corrected chi connectivity index (χ4v) is 2.08. The SMILES string of the molecule is COc1cc2c(cc1OC)=C(C(=O)C=O)C(O)C=2O. The number of methoxy groups -OCH3 is 2. The van der Waals surface area contributed by atoms with Crippen molar-refractivity contribution in [2.45, 2.75) is 6.10 Å². The molecule has 1 aliphatic carbocycles. The zero-order valence-corrected chi connectivity index (χ0v) is 10.3. The summed E-state index contributed by atoms with van der Waals surface area (Å²) in [6.45, 7) is 0. The van der Waals surface area contributed by atoms with Crippen LogP contribution in [0.25, 0.3) is 11.3 Å². The normalized spacial score (nSPS) is 17.1. The maximum atomic E-state index is 11.5. The minimum atomic E-state index is -1.51. The Labute approximate surface area is 108 Å². The maximum absolute atomic E-state index is 11.5. The average Bonchev–Trinajstić information content (AvgIpc) is 2.68. The fraction of sp³-hybridized carbons (Fsp3) is 0.231. The van der Waals surface area contributed by atoms with Crippen molar-refractivity contribution in [3.63, 3.8) is 0 Å². The second-order valence-electron chi connectivity index (χ2n) is 3.94. The van der Waals surface area contributed by atoms with Crippen LogP contribution in [0, 0.1) is 0 Å². The zero-order chi connectivity index (χ0) is 14.2. The summed E-state index contributed by atoms with van der Waals surface area (Å²) < 4.78 is 10.2. The predicted octanol–water partition coefficient (Wildman–Crippen LogP) is -1.34. The van der Waals surface area contributed by atoms with E-state index in [4.69, 9.17) is 9.47 Å². The van der Waals surface area contributed by atoms with Gasteiger partial charge in [0.05, 0.1) is 14.2 Å². The largest absolute Gasteiger partial charge is 0.509 e. The van der Waals surface area contributed by atoms with Crippen molar-refractivity contribution in [1.29, 1.82) is 0 Å². The van der Waals surface area contributed by atoms with Gasteiger partial charge in [-0.2, -0.15) is 0 Å². The van der Waals surface area contributed by atoms with Crippen molar-refractivity contribution < 1.29 is 29.3 Å². The van der Waals surface area contributed by atoms with E-state index in [1.54, 1.807) is 0 Å². The van der Waals surface area contributed by atoms with Crippen LogP contribution in [0.2, 0.25) is 0 Å². The third-order valence-corrected chi connectivity index (χ3v) is 2.99. The monoisotopic (exact) mass is 264 g/mol. The molecular weight excluding hydrogens is 252 g/mol. The number of hydrogen-bond acceptors (Lipinski definition) is 6. The Kier molecular flexibility index (Phi) is 3.26. The van der Waals surface area contributed by atoms with Gasteiger partial charge in [-0.1, -0.05) is 0 Å². The molecule has 0 spiro atoms. The summed E-state index contributed by atoms with van der Waals surface area (Å²) in [5.74, 6) is -0.592. The molecule has 1 aliphatic rings. The second-order valence-corrected chi connectivity index (χ2v) is 3.94. The molecule has 0 bridgehead atoms. The van der Waals surface area contributed by atoms with Gasteiger partial charge in [0.1, 0.15) is 11.9 Å². The molecule has 2 rings (SSSR count). The van der Waals surface area contributed by atoms with E-state index in [1.165, 1.54) is 26.4 Å². The number of ether oxygens (including phenoxy) is 2. The molecule has 0 aromatic heterocycles. The lowest BCUT2D eigenvalue weighted by Gasteiger charge is -2.06. The standard InChI is InChI=1S/C13H12O6/c1-18-9-3-6-7(4-10(9)19-2)12(16)13(17)11(6)8(15)5-14/h3-5,13,16-17H,1-2H3. The molecule has 1 unspecified atom stereocenters. The molecule has 6 heteroatoms. The highest BCUT2D eigenvalue weighted by Gasteiger charge is 2.29. The molecule has 0 amide bonds. The number of aliphatic hydroxyl groups excluding tert-OH is 2. The van der Waals surface area contributed by atoms with Gasteiger partial charge in [-0.15, -0.1) is 0 Å². The summed E-state index contributed by atoms with van der Waals surface area (Å²) in [4.78, 5) is 22.1. The van der Waals surface area contributed by atoms with Crippen LogP contribution in [0.1, 0.15) is 0 Å². The fourth-order valence-electron chi connectivity index (χ4n) is 2.08. The molecule has 0 aliphatic heterocycles. The Morgan fingerprint density at radius 3 is 2.21 bits per heavy atom. The molecule has 1 atom stereocenters. The van der Waals surface area contributed by atoms with Crippen LogP contribution in [0.4, 0.5) is 0 Å². The van der Waals surface area contributed by atoms with E-state index in [-0.39, 0.29) is 28.1 Å². The van der Waals surface area contributed by atoms with Crippen molar-refractivity contribution >= 4 is 23.4 Å². The Morgan fingerprint density at radius 1 is 1.21 bits per heavy atom. The second kappa shape index (κ2) is 4.74. The van der Waals surface area contributed by atoms with E-state index in [2.05, 4.69) is 0 Å². The van der Waals surface area contributed by atoms with Crippen LogP contribution in [0.5, 0.6) is 11.5 Å². The van der Waals surface area contributed by atoms with Crippen LogP contribution < -0.4 is 19.9 Å². The summed E-state index contributed by atoms with van der Waals surface area (Å²) >= 11 is 0. The van der Waals surface area contributed by atoms with Crippen molar-refractivity contribution in [2.24, 2.45) is 0 Å². The average molecular weight is 264 g/mol. The van der Waals surface area contributed by atoms with Crippen molar-refractivity contribution in [3.05, 3.63) is 22.6 Å². The number of Topliss-reactive ketones (excluding diaryl/α,β-unsaturated/α-hetero) is 1. The van der Waals surface area contributed by atoms with Gasteiger partial charge in [-0.25, -0.2) is 0 Å². The molecule has 0 fully saturated rings. The quantitative estimate of drug-likeness (QED) is 0.516. The Hall–Kier alpha value is -2.34. The van der Waals surface area contributed by atoms with Gasteiger partial charge in [-0.3, -0.25) is 9.59 Å². The first-order valence-electron chi connectivity index (χ1n) is 5.42. The van der Waals surface area contributed by atoms with Crippen molar-refractivity contribution in [2.75, 3.05) is 14.2 Å². The lowest BCUT2D eigenvalue weighted by molar-refractivity contribution is -0.126. The van der Waals surface area contributed by atoms with E-state index in [9.17, 15) is 19.8 Å². The van der Waals surface area contributed by atoms with Gasteiger partial charge in [0.15, 0.2) is 17.8 Å². The van der Waals surface area contributed by atoms with Crippen LogP contribution in [-0.2, 0) is 9.59 Å². The summed E-state index contributed by atoms with van der Waals surface area (Å²) in [6.07, 6.45) is -1.41. The lowest BCUT2D eigenvalue weighted by Crippen LogP contribution is -2.27. The van der Waals surface area contributed by atoms with Gasteiger partial charge in [0, 0.05) is 10.8 Å². The molecule has 0 saturated carbocycles. The number of ketones is 1. The Morgan fingerprint density at radius 2 is 1.74 bits per heavy atom. The Bertz CT molecular complexity index is 673. The summed E-state index contributed by atoms with van der Waals surface area (Å²) in [7, 11) is 2.84. The number of rotatable bonds is 4. The Balaban J connectivity index is 2.88. The highest BCUT2D eigenvalue weighted by atomic mass is 16.5. The smallest absolute Gasteiger partial charge is 0.225 e. The number of fused-ring (bicyclic) bond motifs is 1. The number of aliphatic hydroxyl groups is 2. The van der Waals surface area contributed by atoms with Crippen LogP contribution in [0.15, 0.2) is 12.1 Å². The van der Waals surface area contributed by atoms with Crippen LogP contribution in [-0.4, -0.2) is 42.6 Å². The summed E-state index contributed by atoms with van der Waals surface area (Å²) in [5.41, 5.74) is -0.163. The first-order valence-corrected chi connectivity index (χ1v) is 5.42. The molecule has 2 N–H and O–H groups in total. The number of carbonyl (C=O) groups excluding carboxylic acids is 2. The highest BCUT2D eigenvalue weighted by Crippen LogP contribution is 2.24. The third-order valence-electron chi connectivity index (χ3n) is 2.99. The molecule has 0 saturated heterocycles. The first kappa shape index (κ1) is 13.1. The van der Waals surface area contributed by atoms with Crippen molar-refractivity contribution in [1.82, 2.24) is 0 Å². The van der Waals surface area contributed by atoms with Crippen molar-refractivity contribution in [3.8, 4) is 11.5 Å².